The molecule has 17 aliphatic rings. The summed E-state index contributed by atoms with van der Waals surface area (Å²) in [5, 5.41) is 0. The Balaban J connectivity index is -0.00000153. The first kappa shape index (κ1) is 142. The van der Waals surface area contributed by atoms with Crippen molar-refractivity contribution < 1.29 is 104 Å². The molecule has 0 N–H and O–H groups in total. The van der Waals surface area contributed by atoms with Crippen molar-refractivity contribution in [3.8, 4) is 0 Å². The van der Waals surface area contributed by atoms with E-state index in [0.29, 0.717) is 11.8 Å². The van der Waals surface area contributed by atoms with Crippen molar-refractivity contribution >= 4 is 85.1 Å². The van der Waals surface area contributed by atoms with E-state index in [1.54, 1.807) is 11.1 Å². The summed E-state index contributed by atoms with van der Waals surface area (Å²) in [6, 6.07) is 0. The van der Waals surface area contributed by atoms with Gasteiger partial charge in [-0.15, -0.1) is 13.2 Å². The molecule has 10 fully saturated rings. The second-order valence-corrected chi connectivity index (χ2v) is 61.8. The number of rotatable bonds is 22. The second-order valence-electron chi connectivity index (χ2n) is 43.2. The standard InChI is InChI=1S/C28H42.C23H36.C20H26.C20H32.C19H28.10CH3.10ClH.5Zr/c1-27(2,3)20-12-15-22-23-16-13-21(28(4,5)6)18-26(23)24(25(22)17-20)14-11-19-9-7-8-10-19;1-6-9-19-14-20(23-11-8-7-10-22(19)23)12-13-21-17(4)15(2)16(3)18(21)5;1-3-7-19-15(5-1)9-11-17(19)13-14-18-12-10-16-6-2-4-8-20(16)18;1-2-3-10-17-15-18(14-13-16-8-4-5-9-16)20-12-7-6-11-19(17)20;1-2-7-16-14-17(13-12-15-8-3-4-9-15)19-11-6-5-10-18(16)19;;;;;;;;;;;;;;;;;;;;;;;;;/h12-13,15-19,22-26H,7-11,14H2,1-6H3;6-8,10-11,15-23H,1,9,12-14H2,2-5H3;1-8,15-20H,9-14H2;6-7,11-12,16-20H,2-5,8-10,13-15H2,1H3;2,5-6,10-11,15-19H,1,3-4,7-9,12-14H2;10*1H3;10*1H;;;;;/q;;;;;10*-1;;;;;;;;;;;5*+4/p-10. The van der Waals surface area contributed by atoms with Crippen LogP contribution in [0, 0.1) is 269 Å². The molecule has 0 spiro atoms. The number of hydrogen-bond donors (Lipinski definition) is 0. The Hall–Kier alpha value is 3.16. The van der Waals surface area contributed by atoms with Gasteiger partial charge in [0.05, 0.1) is 0 Å². The van der Waals surface area contributed by atoms with Gasteiger partial charge in [-0.2, -0.15) is 0 Å². The molecule has 0 aromatic carbocycles. The van der Waals surface area contributed by atoms with E-state index in [1.165, 1.54) is 218 Å². The van der Waals surface area contributed by atoms with Crippen molar-refractivity contribution in [3.63, 3.8) is 0 Å². The van der Waals surface area contributed by atoms with Gasteiger partial charge in [0, 0.05) is 0 Å². The molecular formula is C120H194Cl10Zr5. The Bertz CT molecular complexity index is 3390. The van der Waals surface area contributed by atoms with E-state index in [4.69, 9.17) is 85.1 Å². The average Bonchev–Trinajstić information content (AvgIpc) is 1.59. The Morgan fingerprint density at radius 2 is 0.533 bits per heavy atom. The van der Waals surface area contributed by atoms with E-state index in [2.05, 4.69) is 259 Å². The van der Waals surface area contributed by atoms with Crippen LogP contribution in [0.25, 0.3) is 0 Å². The van der Waals surface area contributed by atoms with Gasteiger partial charge in [0.25, 0.3) is 0 Å². The first-order chi connectivity index (χ1) is 60.4. The molecule has 135 heavy (non-hydrogen) atoms. The fraction of sp³-hybridized carbons (Fsp3) is 0.650. The molecule has 10 saturated carbocycles. The normalized spacial score (nSPS) is 33.4. The Morgan fingerprint density at radius 3 is 0.830 bits per heavy atom. The van der Waals surface area contributed by atoms with Gasteiger partial charge in [-0.25, -0.2) is 0 Å². The monoisotopic (exact) mass is 2430 g/mol. The molecule has 17 rings (SSSR count). The molecule has 17 aliphatic carbocycles. The summed E-state index contributed by atoms with van der Waals surface area (Å²) in [6.07, 6.45) is 117. The van der Waals surface area contributed by atoms with Gasteiger partial charge >= 0.3 is 189 Å². The second kappa shape index (κ2) is 77.5. The summed E-state index contributed by atoms with van der Waals surface area (Å²) in [4.78, 5) is 0. The van der Waals surface area contributed by atoms with Crippen molar-refractivity contribution in [2.75, 3.05) is 0 Å². The van der Waals surface area contributed by atoms with Crippen LogP contribution in [0.1, 0.15) is 294 Å². The van der Waals surface area contributed by atoms with Crippen molar-refractivity contribution in [1.29, 1.82) is 0 Å². The van der Waals surface area contributed by atoms with Crippen LogP contribution in [-0.4, -0.2) is 0 Å². The van der Waals surface area contributed by atoms with Crippen LogP contribution in [0.2, 0.25) is 0 Å². The van der Waals surface area contributed by atoms with Crippen molar-refractivity contribution in [3.05, 3.63) is 269 Å². The first-order valence-electron chi connectivity index (χ1n) is 50.0. The van der Waals surface area contributed by atoms with Crippen LogP contribution in [0.5, 0.6) is 0 Å². The van der Waals surface area contributed by atoms with Crippen LogP contribution in [0.3, 0.4) is 0 Å². The predicted octanol–water partition coefficient (Wildman–Crippen LogP) is 43.0. The van der Waals surface area contributed by atoms with Crippen molar-refractivity contribution in [2.45, 2.75) is 294 Å². The quantitative estimate of drug-likeness (QED) is 0.0749. The van der Waals surface area contributed by atoms with Crippen LogP contribution in [0.15, 0.2) is 194 Å². The van der Waals surface area contributed by atoms with Gasteiger partial charge in [0.1, 0.15) is 0 Å². The molecule has 26 atom stereocenters. The summed E-state index contributed by atoms with van der Waals surface area (Å²) in [5.74, 6) is 27.2. The van der Waals surface area contributed by atoms with Gasteiger partial charge in [0.2, 0.25) is 0 Å². The molecule has 0 aliphatic heterocycles. The number of hydrogen-bond acceptors (Lipinski definition) is 0. The van der Waals surface area contributed by atoms with Crippen molar-refractivity contribution in [2.24, 2.45) is 194 Å². The zero-order chi connectivity index (χ0) is 90.4. The first-order valence-corrected chi connectivity index (χ1v) is 81.7. The molecule has 0 aromatic rings. The van der Waals surface area contributed by atoms with E-state index in [0.717, 1.165) is 172 Å². The Labute approximate surface area is 934 Å². The molecule has 764 valence electrons. The van der Waals surface area contributed by atoms with E-state index in [1.807, 2.05) is 0 Å². The SMILES string of the molecule is C1=CC2CCC(CCC3CCC4C=CC=CC43)C2C=C1.C=CCC1CC(CCC2C(C)C(C)C(C)C2C)C2C=CC=CC12.C=CCC1CC(CCC2CCCC2)C2C=CC=CC12.CC(C)(C)C1=CC2C(C=C1)C1C=CC(C(C)(C)C)=CC1C2CCC1CCCC1.CCCCC1CC(CCC2CCCC2)C2C=CC=CC12.[CH3-].[CH3-].[CH3-].[CH3-].[CH3-].[CH3-].[CH3-].[CH3-].[CH3-].[CH3-].[Cl][Zr+2][Cl].[Cl][Zr+2][Cl].[Cl][Zr+2][Cl].[Cl][Zr+2][Cl].[Cl][Zr+2][Cl]. The Kier molecular flexibility index (Phi) is 81.7. The summed E-state index contributed by atoms with van der Waals surface area (Å²) in [6.45, 7) is 34.5. The van der Waals surface area contributed by atoms with E-state index in [-0.39, 0.29) is 85.1 Å². The maximum absolute atomic E-state index is 4.93. The van der Waals surface area contributed by atoms with Gasteiger partial charge in [-0.1, -0.05) is 355 Å². The number of unbranched alkanes of at least 4 members (excludes halogenated alkanes) is 1. The van der Waals surface area contributed by atoms with Gasteiger partial charge in [0.15, 0.2) is 0 Å². The summed E-state index contributed by atoms with van der Waals surface area (Å²) in [5.41, 5.74) is 3.63. The summed E-state index contributed by atoms with van der Waals surface area (Å²) >= 11 is -4.13. The van der Waals surface area contributed by atoms with Crippen molar-refractivity contribution in [1.82, 2.24) is 0 Å². The molecule has 15 heteroatoms. The molecule has 0 radical (unpaired) electrons. The number of fused-ring (bicyclic) bond motifs is 8. The zero-order valence-electron chi connectivity index (χ0n) is 88.8. The minimum atomic E-state index is -0.826. The molecule has 0 heterocycles. The molecule has 0 bridgehead atoms. The maximum atomic E-state index is 4.93. The molecule has 0 saturated heterocycles. The molecule has 0 amide bonds. The van der Waals surface area contributed by atoms with E-state index < -0.39 is 104 Å². The van der Waals surface area contributed by atoms with Crippen LogP contribution in [-0.2, 0) is 104 Å². The molecular weight excluding hydrogens is 2250 g/mol. The third-order valence-corrected chi connectivity index (χ3v) is 34.7. The number of halogens is 10. The molecule has 0 aromatic heterocycles. The van der Waals surface area contributed by atoms with Crippen LogP contribution in [0.4, 0.5) is 0 Å². The zero-order valence-corrected chi connectivity index (χ0v) is 109. The van der Waals surface area contributed by atoms with Gasteiger partial charge in [-0.3, -0.25) is 0 Å². The van der Waals surface area contributed by atoms with Crippen LogP contribution >= 0.6 is 85.1 Å². The van der Waals surface area contributed by atoms with Crippen LogP contribution < -0.4 is 0 Å². The number of allylic oxidation sites excluding steroid dienone is 30. The third kappa shape index (κ3) is 44.2. The van der Waals surface area contributed by atoms with Gasteiger partial charge in [-0.05, 0) is 315 Å². The molecule has 0 nitrogen and oxygen atoms in total. The average molecular weight is 2450 g/mol. The molecule has 26 unspecified atom stereocenters. The van der Waals surface area contributed by atoms with Gasteiger partial charge < -0.3 is 74.3 Å². The van der Waals surface area contributed by atoms with E-state index in [9.17, 15) is 0 Å². The third-order valence-electron chi connectivity index (χ3n) is 34.7. The topological polar surface area (TPSA) is 0 Å². The fourth-order valence-electron chi connectivity index (χ4n) is 27.8. The fourth-order valence-corrected chi connectivity index (χ4v) is 27.8. The Morgan fingerprint density at radius 1 is 0.281 bits per heavy atom. The van der Waals surface area contributed by atoms with E-state index >= 15 is 0 Å². The summed E-state index contributed by atoms with van der Waals surface area (Å²) in [7, 11) is 49.3. The predicted molar refractivity (Wildman–Crippen MR) is 601 cm³/mol. The minimum absolute atomic E-state index is 0. The summed E-state index contributed by atoms with van der Waals surface area (Å²) < 4.78 is 0.